The van der Waals surface area contributed by atoms with Gasteiger partial charge in [0.2, 0.25) is 5.91 Å². The summed E-state index contributed by atoms with van der Waals surface area (Å²) in [7, 11) is 0. The van der Waals surface area contributed by atoms with Crippen molar-refractivity contribution >= 4 is 52.9 Å². The van der Waals surface area contributed by atoms with Crippen molar-refractivity contribution in [2.75, 3.05) is 26.2 Å². The third-order valence-corrected chi connectivity index (χ3v) is 5.05. The Labute approximate surface area is 206 Å². The molecule has 11 heteroatoms. The van der Waals surface area contributed by atoms with E-state index in [4.69, 9.17) is 31.0 Å². The van der Waals surface area contributed by atoms with E-state index in [1.807, 2.05) is 37.5 Å². The van der Waals surface area contributed by atoms with Crippen LogP contribution in [-0.2, 0) is 42.3 Å². The summed E-state index contributed by atoms with van der Waals surface area (Å²) in [6.07, 6.45) is 0. The first-order chi connectivity index (χ1) is 14.3. The van der Waals surface area contributed by atoms with E-state index in [0.29, 0.717) is 32.9 Å². The fourth-order valence-corrected chi connectivity index (χ4v) is 3.10. The van der Waals surface area contributed by atoms with E-state index < -0.39 is 5.91 Å². The van der Waals surface area contributed by atoms with Gasteiger partial charge in [0.15, 0.2) is 0 Å². The quantitative estimate of drug-likeness (QED) is 0.181. The van der Waals surface area contributed by atoms with E-state index in [1.165, 1.54) is 0 Å². The van der Waals surface area contributed by atoms with Gasteiger partial charge in [0, 0.05) is 47.6 Å². The maximum atomic E-state index is 11.4. The summed E-state index contributed by atoms with van der Waals surface area (Å²) in [6, 6.07) is 6.72. The molecule has 173 valence electrons. The van der Waals surface area contributed by atoms with Crippen LogP contribution in [0.4, 0.5) is 0 Å². The van der Waals surface area contributed by atoms with Gasteiger partial charge in [-0.2, -0.15) is 15.3 Å². The molecular formula is C20H29CuN7OS2. The topological polar surface area (TPSA) is 99.0 Å². The van der Waals surface area contributed by atoms with E-state index in [1.54, 1.807) is 31.2 Å². The number of amides is 1. The predicted octanol–water partition coefficient (Wildman–Crippen LogP) is 2.35. The third kappa shape index (κ3) is 8.90. The number of rotatable bonds is 9. The molecule has 1 rings (SSSR count). The van der Waals surface area contributed by atoms with Crippen LogP contribution in [0.25, 0.3) is 0 Å². The number of primary amides is 1. The number of benzene rings is 1. The zero-order valence-corrected chi connectivity index (χ0v) is 21.0. The molecule has 31 heavy (non-hydrogen) atoms. The van der Waals surface area contributed by atoms with Gasteiger partial charge in [-0.1, -0.05) is 12.1 Å². The Bertz CT molecular complexity index is 830. The largest absolute Gasteiger partial charge is 2.00 e. The molecule has 0 unspecified atom stereocenters. The van der Waals surface area contributed by atoms with Crippen molar-refractivity contribution in [1.82, 2.24) is 9.80 Å². The Hall–Kier alpha value is -2.07. The maximum absolute atomic E-state index is 11.4. The van der Waals surface area contributed by atoms with E-state index >= 15 is 0 Å². The Kier molecular flexibility index (Phi) is 13.9. The summed E-state index contributed by atoms with van der Waals surface area (Å²) in [5.74, 6) is -0.502. The second-order valence-corrected chi connectivity index (χ2v) is 6.92. The molecule has 0 atom stereocenters. The normalized spacial score (nSPS) is 12.9. The molecule has 0 aromatic heterocycles. The summed E-state index contributed by atoms with van der Waals surface area (Å²) in [5.41, 5.74) is 7.43. The third-order valence-electron chi connectivity index (χ3n) is 4.37. The minimum Gasteiger partial charge on any atom is -0.741 e. The molecule has 1 aromatic carbocycles. The number of carbonyl (C=O) groups is 1. The molecule has 0 saturated heterocycles. The van der Waals surface area contributed by atoms with Crippen molar-refractivity contribution in [1.29, 1.82) is 0 Å². The van der Waals surface area contributed by atoms with Crippen LogP contribution in [0.5, 0.6) is 0 Å². The molecule has 0 fully saturated rings. The van der Waals surface area contributed by atoms with Gasteiger partial charge < -0.3 is 40.8 Å². The standard InChI is InChI=1S/C20H31N7OS2.Cu/c1-6-26(7-2)19(29)24-22-14(5)17(23-25-20(30)27(8-3)9-4)15-10-12-16(13-11-15)18(21)28;/h10-13H,6-9H2,1-5H3,(H2,21,28)(H,24,29)(H,25,30);/q;+2/p-2/b22-14+,23-17-;. The maximum Gasteiger partial charge on any atom is 2.00 e. The zero-order valence-electron chi connectivity index (χ0n) is 18.4. The fourth-order valence-electron chi connectivity index (χ4n) is 2.50. The summed E-state index contributed by atoms with van der Waals surface area (Å²) in [6.45, 7) is 12.7. The van der Waals surface area contributed by atoms with Crippen molar-refractivity contribution in [2.24, 2.45) is 26.1 Å². The molecule has 0 saturated carbocycles. The molecular weight excluding hydrogens is 482 g/mol. The minimum atomic E-state index is -0.502. The van der Waals surface area contributed by atoms with Crippen LogP contribution >= 0.6 is 0 Å². The second-order valence-electron chi connectivity index (χ2n) is 6.19. The molecule has 0 bridgehead atoms. The Morgan fingerprint density at radius 3 is 1.58 bits per heavy atom. The molecule has 1 radical (unpaired) electrons. The summed E-state index contributed by atoms with van der Waals surface area (Å²) >= 11 is 10.7. The van der Waals surface area contributed by atoms with E-state index in [2.05, 4.69) is 20.4 Å². The number of carbonyl (C=O) groups excluding carboxylic acids is 1. The molecule has 2 N–H and O–H groups in total. The molecule has 1 aromatic rings. The first-order valence-electron chi connectivity index (χ1n) is 9.81. The van der Waals surface area contributed by atoms with Crippen molar-refractivity contribution < 1.29 is 21.9 Å². The smallest absolute Gasteiger partial charge is 0.741 e. The summed E-state index contributed by atoms with van der Waals surface area (Å²) in [5, 5.41) is 17.7. The van der Waals surface area contributed by atoms with Gasteiger partial charge in [-0.3, -0.25) is 4.79 Å². The van der Waals surface area contributed by atoms with Crippen LogP contribution in [-0.4, -0.2) is 63.6 Å². The molecule has 0 aliphatic carbocycles. The van der Waals surface area contributed by atoms with E-state index in [9.17, 15) is 4.79 Å². The van der Waals surface area contributed by atoms with Crippen LogP contribution in [0, 0.1) is 0 Å². The fraction of sp³-hybridized carbons (Fsp3) is 0.450. The molecule has 0 aliphatic rings. The zero-order chi connectivity index (χ0) is 22.7. The molecule has 8 nitrogen and oxygen atoms in total. The van der Waals surface area contributed by atoms with Crippen molar-refractivity contribution in [3.63, 3.8) is 0 Å². The molecule has 1 amide bonds. The number of hydrogen-bond acceptors (Lipinski definition) is 7. The van der Waals surface area contributed by atoms with Gasteiger partial charge >= 0.3 is 17.1 Å². The first kappa shape index (κ1) is 28.9. The van der Waals surface area contributed by atoms with Gasteiger partial charge in [0.05, 0.1) is 5.71 Å². The van der Waals surface area contributed by atoms with Crippen molar-refractivity contribution in [2.45, 2.75) is 34.6 Å². The Morgan fingerprint density at radius 2 is 1.19 bits per heavy atom. The van der Waals surface area contributed by atoms with Gasteiger partial charge in [-0.05, 0) is 46.8 Å². The van der Waals surface area contributed by atoms with Crippen LogP contribution < -0.4 is 5.73 Å². The molecule has 0 aliphatic heterocycles. The predicted molar refractivity (Wildman–Crippen MR) is 130 cm³/mol. The van der Waals surface area contributed by atoms with Gasteiger partial charge in [-0.15, -0.1) is 5.10 Å². The minimum absolute atomic E-state index is 0. The summed E-state index contributed by atoms with van der Waals surface area (Å²) < 4.78 is 0. The average molecular weight is 511 g/mol. The van der Waals surface area contributed by atoms with Crippen molar-refractivity contribution in [3.05, 3.63) is 35.4 Å². The number of hydrogen-bond donors (Lipinski definition) is 1. The number of nitrogens with zero attached hydrogens (tertiary/aromatic N) is 6. The Balaban J connectivity index is 0.00000900. The molecule has 0 heterocycles. The van der Waals surface area contributed by atoms with Crippen LogP contribution in [0.3, 0.4) is 0 Å². The Morgan fingerprint density at radius 1 is 0.806 bits per heavy atom. The van der Waals surface area contributed by atoms with Crippen molar-refractivity contribution in [3.8, 4) is 0 Å². The van der Waals surface area contributed by atoms with E-state index in [-0.39, 0.29) is 17.1 Å². The SMILES string of the molecule is CCN(CC)/C([S-])=N/N=C(C)/C(=N/N=C(\[S-])N(CC)CC)c1ccc(C(N)=O)cc1.[Cu+2]. The molecule has 0 spiro atoms. The van der Waals surface area contributed by atoms with E-state index in [0.717, 1.165) is 26.2 Å². The van der Waals surface area contributed by atoms with Gasteiger partial charge in [0.25, 0.3) is 0 Å². The van der Waals surface area contributed by atoms with Crippen LogP contribution in [0.1, 0.15) is 50.5 Å². The summed E-state index contributed by atoms with van der Waals surface area (Å²) in [4.78, 5) is 15.2. The second kappa shape index (κ2) is 14.9. The average Bonchev–Trinajstić information content (AvgIpc) is 2.74. The monoisotopic (exact) mass is 510 g/mol. The van der Waals surface area contributed by atoms with Gasteiger partial charge in [-0.25, -0.2) is 0 Å². The van der Waals surface area contributed by atoms with Crippen LogP contribution in [0.15, 0.2) is 44.7 Å². The number of nitrogens with two attached hydrogens (primary N) is 1. The van der Waals surface area contributed by atoms with Gasteiger partial charge in [0.1, 0.15) is 5.71 Å². The number of amidine groups is 2. The van der Waals surface area contributed by atoms with Crippen LogP contribution in [0.2, 0.25) is 0 Å². The first-order valence-corrected chi connectivity index (χ1v) is 10.6.